The monoisotopic (exact) mass is 426 g/mol. The lowest BCUT2D eigenvalue weighted by Crippen LogP contribution is -2.44. The van der Waals surface area contributed by atoms with Crippen LogP contribution < -0.4 is 10.6 Å². The highest BCUT2D eigenvalue weighted by Gasteiger charge is 2.15. The Morgan fingerprint density at radius 3 is 2.71 bits per heavy atom. The molecule has 0 bridgehead atoms. The van der Waals surface area contributed by atoms with Crippen LogP contribution in [0.3, 0.4) is 0 Å². The summed E-state index contributed by atoms with van der Waals surface area (Å²) in [6.45, 7) is 9.01. The highest BCUT2D eigenvalue weighted by Crippen LogP contribution is 2.19. The molecular weight excluding hydrogens is 399 g/mol. The number of hydrogen-bond donors (Lipinski definition) is 2. The van der Waals surface area contributed by atoms with E-state index in [4.69, 9.17) is 0 Å². The van der Waals surface area contributed by atoms with E-state index >= 15 is 0 Å². The maximum Gasteiger partial charge on any atom is 0.191 e. The zero-order valence-electron chi connectivity index (χ0n) is 13.5. The van der Waals surface area contributed by atoms with Crippen molar-refractivity contribution in [1.29, 1.82) is 0 Å². The van der Waals surface area contributed by atoms with Crippen molar-refractivity contribution in [2.45, 2.75) is 38.5 Å². The zero-order chi connectivity index (χ0) is 15.0. The van der Waals surface area contributed by atoms with E-state index in [0.29, 0.717) is 0 Å². The Labute approximate surface area is 149 Å². The third-order valence-electron chi connectivity index (χ3n) is 3.11. The molecule has 1 heterocycles. The molecule has 0 atom stereocenters. The summed E-state index contributed by atoms with van der Waals surface area (Å²) < 4.78 is 2.26. The number of aromatic nitrogens is 3. The Morgan fingerprint density at radius 2 is 2.14 bits per heavy atom. The molecule has 21 heavy (non-hydrogen) atoms. The number of rotatable bonds is 7. The van der Waals surface area contributed by atoms with Crippen molar-refractivity contribution in [2.75, 3.05) is 26.4 Å². The van der Waals surface area contributed by atoms with Gasteiger partial charge in [0.2, 0.25) is 0 Å². The van der Waals surface area contributed by atoms with Crippen LogP contribution in [0.2, 0.25) is 0 Å². The second kappa shape index (κ2) is 10.3. The molecule has 0 radical (unpaired) electrons. The fraction of sp³-hybridized carbons (Fsp3) is 0.769. The Bertz CT molecular complexity index is 432. The van der Waals surface area contributed by atoms with Crippen molar-refractivity contribution in [3.05, 3.63) is 12.2 Å². The molecule has 0 unspecified atom stereocenters. The largest absolute Gasteiger partial charge is 0.355 e. The minimum atomic E-state index is 0. The van der Waals surface area contributed by atoms with Gasteiger partial charge in [-0.3, -0.25) is 4.99 Å². The lowest BCUT2D eigenvalue weighted by atomic mass is 10.2. The van der Waals surface area contributed by atoms with Gasteiger partial charge >= 0.3 is 0 Å². The molecule has 1 rings (SSSR count). The number of aliphatic imine (C=N–C) groups is 1. The van der Waals surface area contributed by atoms with Gasteiger partial charge in [0.15, 0.2) is 5.96 Å². The molecule has 0 aliphatic heterocycles. The average Bonchev–Trinajstić information content (AvgIpc) is 2.90. The quantitative estimate of drug-likeness (QED) is 0.395. The average molecular weight is 426 g/mol. The van der Waals surface area contributed by atoms with E-state index < -0.39 is 0 Å². The van der Waals surface area contributed by atoms with E-state index in [9.17, 15) is 0 Å². The van der Waals surface area contributed by atoms with Gasteiger partial charge in [-0.2, -0.15) is 11.8 Å². The first kappa shape index (κ1) is 20.5. The molecule has 0 aromatic carbocycles. The smallest absolute Gasteiger partial charge is 0.191 e. The van der Waals surface area contributed by atoms with Crippen LogP contribution in [0.4, 0.5) is 0 Å². The minimum absolute atomic E-state index is 0. The number of thioether (sulfide) groups is 1. The molecule has 8 heteroatoms. The minimum Gasteiger partial charge on any atom is -0.355 e. The van der Waals surface area contributed by atoms with E-state index in [1.54, 1.807) is 13.4 Å². The lowest BCUT2D eigenvalue weighted by Gasteiger charge is -2.23. The molecule has 0 saturated heterocycles. The number of hydrogen-bond acceptors (Lipinski definition) is 4. The van der Waals surface area contributed by atoms with Crippen molar-refractivity contribution in [3.8, 4) is 0 Å². The fourth-order valence-corrected chi connectivity index (χ4v) is 1.84. The van der Waals surface area contributed by atoms with Crippen LogP contribution in [-0.4, -0.2) is 51.9 Å². The first-order valence-electron chi connectivity index (χ1n) is 6.88. The van der Waals surface area contributed by atoms with Gasteiger partial charge in [0.05, 0.1) is 0 Å². The van der Waals surface area contributed by atoms with Gasteiger partial charge in [0.1, 0.15) is 12.2 Å². The lowest BCUT2D eigenvalue weighted by molar-refractivity contribution is 0.621. The van der Waals surface area contributed by atoms with Gasteiger partial charge in [0, 0.05) is 37.8 Å². The first-order chi connectivity index (χ1) is 9.52. The highest BCUT2D eigenvalue weighted by molar-refractivity contribution is 14.0. The molecule has 0 spiro atoms. The third kappa shape index (κ3) is 7.35. The Morgan fingerprint density at radius 1 is 1.43 bits per heavy atom. The van der Waals surface area contributed by atoms with Crippen molar-refractivity contribution < 1.29 is 0 Å². The number of aryl methyl sites for hydroxylation is 1. The van der Waals surface area contributed by atoms with Crippen molar-refractivity contribution >= 4 is 41.7 Å². The standard InChI is InChI=1S/C13H26N6S.HI/c1-6-11-18-17-10-19(11)8-7-15-12(14-4)16-9-13(2,3)20-5;/h10H,6-9H2,1-5H3,(H2,14,15,16);1H. The second-order valence-electron chi connectivity index (χ2n) is 5.11. The second-order valence-corrected chi connectivity index (χ2v) is 6.62. The maximum atomic E-state index is 4.23. The van der Waals surface area contributed by atoms with Gasteiger partial charge in [-0.15, -0.1) is 34.2 Å². The van der Waals surface area contributed by atoms with Crippen LogP contribution in [0.25, 0.3) is 0 Å². The van der Waals surface area contributed by atoms with Gasteiger partial charge in [-0.05, 0) is 20.1 Å². The molecule has 1 aromatic rings. The normalized spacial score (nSPS) is 12.0. The molecule has 6 nitrogen and oxygen atoms in total. The number of halogens is 1. The fourth-order valence-electron chi connectivity index (χ4n) is 1.62. The summed E-state index contributed by atoms with van der Waals surface area (Å²) in [7, 11) is 1.79. The molecule has 122 valence electrons. The van der Waals surface area contributed by atoms with Gasteiger partial charge in [0.25, 0.3) is 0 Å². The van der Waals surface area contributed by atoms with Crippen LogP contribution >= 0.6 is 35.7 Å². The van der Waals surface area contributed by atoms with Crippen LogP contribution in [0.1, 0.15) is 26.6 Å². The molecule has 1 aromatic heterocycles. The predicted molar refractivity (Wildman–Crippen MR) is 102 cm³/mol. The summed E-state index contributed by atoms with van der Waals surface area (Å²) in [5.41, 5.74) is 0. The molecule has 0 fully saturated rings. The topological polar surface area (TPSA) is 67.1 Å². The Kier molecular flexibility index (Phi) is 10.0. The van der Waals surface area contributed by atoms with Gasteiger partial charge in [-0.1, -0.05) is 6.92 Å². The van der Waals surface area contributed by atoms with Crippen LogP contribution in [0, 0.1) is 0 Å². The van der Waals surface area contributed by atoms with E-state index in [-0.39, 0.29) is 28.7 Å². The summed E-state index contributed by atoms with van der Waals surface area (Å²) in [4.78, 5) is 4.23. The van der Waals surface area contributed by atoms with Gasteiger partial charge in [-0.25, -0.2) is 0 Å². The summed E-state index contributed by atoms with van der Waals surface area (Å²) in [6.07, 6.45) is 4.79. The molecule has 2 N–H and O–H groups in total. The summed E-state index contributed by atoms with van der Waals surface area (Å²) >= 11 is 1.84. The van der Waals surface area contributed by atoms with Crippen molar-refractivity contribution in [3.63, 3.8) is 0 Å². The van der Waals surface area contributed by atoms with Crippen LogP contribution in [0.15, 0.2) is 11.3 Å². The molecule has 0 saturated carbocycles. The molecular formula is C13H27IN6S. The number of nitrogens with one attached hydrogen (secondary N) is 2. The molecule has 0 aliphatic carbocycles. The SMILES string of the molecule is CCc1nncn1CCNC(=NC)NCC(C)(C)SC.I. The Hall–Kier alpha value is -0.510. The van der Waals surface area contributed by atoms with Crippen molar-refractivity contribution in [2.24, 2.45) is 4.99 Å². The first-order valence-corrected chi connectivity index (χ1v) is 8.11. The Balaban J connectivity index is 0.00000400. The van der Waals surface area contributed by atoms with E-state index in [0.717, 1.165) is 37.8 Å². The third-order valence-corrected chi connectivity index (χ3v) is 4.36. The molecule has 0 amide bonds. The number of guanidine groups is 1. The summed E-state index contributed by atoms with van der Waals surface area (Å²) in [6, 6.07) is 0. The van der Waals surface area contributed by atoms with E-state index in [1.807, 2.05) is 11.8 Å². The van der Waals surface area contributed by atoms with Crippen molar-refractivity contribution in [1.82, 2.24) is 25.4 Å². The summed E-state index contributed by atoms with van der Waals surface area (Å²) in [5.74, 6) is 1.84. The number of nitrogens with zero attached hydrogens (tertiary/aromatic N) is 4. The zero-order valence-corrected chi connectivity index (χ0v) is 16.7. The highest BCUT2D eigenvalue weighted by atomic mass is 127. The van der Waals surface area contributed by atoms with Gasteiger partial charge < -0.3 is 15.2 Å². The van der Waals surface area contributed by atoms with Crippen LogP contribution in [-0.2, 0) is 13.0 Å². The van der Waals surface area contributed by atoms with E-state index in [2.05, 4.69) is 57.4 Å². The predicted octanol–water partition coefficient (Wildman–Crippen LogP) is 1.77. The van der Waals surface area contributed by atoms with Crippen LogP contribution in [0.5, 0.6) is 0 Å². The molecule has 0 aliphatic rings. The summed E-state index contributed by atoms with van der Waals surface area (Å²) in [5, 5.41) is 14.7. The van der Waals surface area contributed by atoms with E-state index in [1.165, 1.54) is 0 Å². The maximum absolute atomic E-state index is 4.23.